The summed E-state index contributed by atoms with van der Waals surface area (Å²) in [7, 11) is 0. The van der Waals surface area contributed by atoms with Gasteiger partial charge in [0.2, 0.25) is 0 Å². The molecule has 20 heavy (non-hydrogen) atoms. The first-order chi connectivity index (χ1) is 9.58. The average molecular weight is 271 g/mol. The smallest absolute Gasteiger partial charge is 0.171 e. The molecule has 2 atom stereocenters. The molecule has 2 rings (SSSR count). The number of hydrogen-bond donors (Lipinski definition) is 1. The van der Waals surface area contributed by atoms with Crippen molar-refractivity contribution in [2.45, 2.75) is 33.2 Å². The summed E-state index contributed by atoms with van der Waals surface area (Å²) in [5, 5.41) is 10.1. The second-order valence-corrected chi connectivity index (χ2v) is 4.91. The van der Waals surface area contributed by atoms with Crippen LogP contribution in [-0.4, -0.2) is 17.6 Å². The van der Waals surface area contributed by atoms with Crippen LogP contribution in [0.4, 0.5) is 5.69 Å². The Kier molecular flexibility index (Phi) is 4.64. The summed E-state index contributed by atoms with van der Waals surface area (Å²) in [6, 6.07) is 17.7. The minimum Gasteiger partial charge on any atom is -0.471 e. The zero-order chi connectivity index (χ0) is 14.5. The van der Waals surface area contributed by atoms with E-state index >= 15 is 0 Å². The summed E-state index contributed by atoms with van der Waals surface area (Å²) in [5.74, 6) is 0.790. The zero-order valence-electron chi connectivity index (χ0n) is 12.2. The first-order valence-electron chi connectivity index (χ1n) is 6.82. The maximum absolute atomic E-state index is 10.1. The highest BCUT2D eigenvalue weighted by Gasteiger charge is 2.20. The number of aliphatic hydroxyl groups is 1. The van der Waals surface area contributed by atoms with Gasteiger partial charge < -0.3 is 14.7 Å². The fourth-order valence-electron chi connectivity index (χ4n) is 2.27. The molecular formula is C17H21NO2. The Morgan fingerprint density at radius 1 is 1.00 bits per heavy atom. The van der Waals surface area contributed by atoms with Gasteiger partial charge in [0.15, 0.2) is 6.23 Å². The highest BCUT2D eigenvalue weighted by Crippen LogP contribution is 2.22. The molecule has 0 aliphatic carbocycles. The summed E-state index contributed by atoms with van der Waals surface area (Å²) in [5.41, 5.74) is 2.10. The Labute approximate surface area is 120 Å². The summed E-state index contributed by atoms with van der Waals surface area (Å²) in [4.78, 5) is 1.85. The molecule has 1 N–H and O–H groups in total. The molecule has 0 heterocycles. The Morgan fingerprint density at radius 3 is 2.30 bits per heavy atom. The SMILES string of the molecule is Cc1cccc(N(C(C)O)C(C)Oc2ccccc2)c1. The third kappa shape index (κ3) is 3.52. The third-order valence-electron chi connectivity index (χ3n) is 3.14. The Bertz CT molecular complexity index is 540. The predicted octanol–water partition coefficient (Wildman–Crippen LogP) is 3.56. The molecule has 2 unspecified atom stereocenters. The molecule has 0 aliphatic heterocycles. The van der Waals surface area contributed by atoms with Crippen molar-refractivity contribution in [1.82, 2.24) is 0 Å². The van der Waals surface area contributed by atoms with E-state index < -0.39 is 6.23 Å². The number of para-hydroxylation sites is 1. The summed E-state index contributed by atoms with van der Waals surface area (Å²) in [6.45, 7) is 5.71. The van der Waals surface area contributed by atoms with Gasteiger partial charge in [-0.25, -0.2) is 0 Å². The molecule has 0 spiro atoms. The van der Waals surface area contributed by atoms with Crippen molar-refractivity contribution >= 4 is 5.69 Å². The van der Waals surface area contributed by atoms with Gasteiger partial charge in [-0.2, -0.15) is 0 Å². The highest BCUT2D eigenvalue weighted by atomic mass is 16.5. The molecule has 3 heteroatoms. The van der Waals surface area contributed by atoms with E-state index in [4.69, 9.17) is 4.74 Å². The number of rotatable bonds is 5. The third-order valence-corrected chi connectivity index (χ3v) is 3.14. The van der Waals surface area contributed by atoms with Crippen LogP contribution in [0.5, 0.6) is 5.75 Å². The van der Waals surface area contributed by atoms with E-state index in [1.54, 1.807) is 6.92 Å². The molecule has 0 aliphatic rings. The normalized spacial score (nSPS) is 13.6. The zero-order valence-corrected chi connectivity index (χ0v) is 12.2. The van der Waals surface area contributed by atoms with E-state index in [2.05, 4.69) is 0 Å². The van der Waals surface area contributed by atoms with Crippen LogP contribution in [0.3, 0.4) is 0 Å². The average Bonchev–Trinajstić information content (AvgIpc) is 2.39. The number of aryl methyl sites for hydroxylation is 1. The van der Waals surface area contributed by atoms with Crippen molar-refractivity contribution in [3.63, 3.8) is 0 Å². The maximum Gasteiger partial charge on any atom is 0.171 e. The van der Waals surface area contributed by atoms with Gasteiger partial charge in [0, 0.05) is 5.69 Å². The van der Waals surface area contributed by atoms with Gasteiger partial charge in [-0.1, -0.05) is 30.3 Å². The first kappa shape index (κ1) is 14.4. The number of aliphatic hydroxyl groups excluding tert-OH is 1. The van der Waals surface area contributed by atoms with Crippen molar-refractivity contribution in [2.75, 3.05) is 4.90 Å². The van der Waals surface area contributed by atoms with Crippen LogP contribution < -0.4 is 9.64 Å². The highest BCUT2D eigenvalue weighted by molar-refractivity contribution is 5.49. The van der Waals surface area contributed by atoms with Gasteiger partial charge in [-0.15, -0.1) is 0 Å². The van der Waals surface area contributed by atoms with Crippen LogP contribution in [0, 0.1) is 6.92 Å². The van der Waals surface area contributed by atoms with E-state index in [0.717, 1.165) is 17.0 Å². The minimum absolute atomic E-state index is 0.265. The Balaban J connectivity index is 2.20. The fraction of sp³-hybridized carbons (Fsp3) is 0.294. The summed E-state index contributed by atoms with van der Waals surface area (Å²) < 4.78 is 5.90. The molecule has 106 valence electrons. The van der Waals surface area contributed by atoms with Crippen LogP contribution in [0.15, 0.2) is 54.6 Å². The number of ether oxygens (including phenoxy) is 1. The monoisotopic (exact) mass is 271 g/mol. The standard InChI is InChI=1S/C17H21NO2/c1-13-8-7-9-16(12-13)18(14(2)19)15(3)20-17-10-5-4-6-11-17/h4-12,14-15,19H,1-3H3. The van der Waals surface area contributed by atoms with E-state index in [1.807, 2.05) is 73.3 Å². The van der Waals surface area contributed by atoms with Crippen LogP contribution in [0.2, 0.25) is 0 Å². The maximum atomic E-state index is 10.1. The van der Waals surface area contributed by atoms with E-state index in [9.17, 15) is 5.11 Å². The molecule has 0 saturated carbocycles. The number of hydrogen-bond acceptors (Lipinski definition) is 3. The fourth-order valence-corrected chi connectivity index (χ4v) is 2.27. The lowest BCUT2D eigenvalue weighted by atomic mass is 10.2. The molecule has 0 aromatic heterocycles. The van der Waals surface area contributed by atoms with E-state index in [0.29, 0.717) is 0 Å². The Hall–Kier alpha value is -2.00. The number of benzene rings is 2. The lowest BCUT2D eigenvalue weighted by molar-refractivity contribution is 0.118. The van der Waals surface area contributed by atoms with Gasteiger partial charge in [0.25, 0.3) is 0 Å². The summed E-state index contributed by atoms with van der Waals surface area (Å²) >= 11 is 0. The number of nitrogens with zero attached hydrogens (tertiary/aromatic N) is 1. The lowest BCUT2D eigenvalue weighted by Gasteiger charge is -2.34. The van der Waals surface area contributed by atoms with Gasteiger partial charge in [-0.3, -0.25) is 0 Å². The van der Waals surface area contributed by atoms with Gasteiger partial charge >= 0.3 is 0 Å². The van der Waals surface area contributed by atoms with Crippen molar-refractivity contribution in [3.8, 4) is 5.75 Å². The van der Waals surface area contributed by atoms with Crippen LogP contribution in [0.1, 0.15) is 19.4 Å². The van der Waals surface area contributed by atoms with Crippen molar-refractivity contribution in [1.29, 1.82) is 0 Å². The second kappa shape index (κ2) is 6.44. The van der Waals surface area contributed by atoms with Crippen molar-refractivity contribution in [2.24, 2.45) is 0 Å². The molecule has 0 bridgehead atoms. The van der Waals surface area contributed by atoms with Gasteiger partial charge in [0.1, 0.15) is 12.0 Å². The van der Waals surface area contributed by atoms with Crippen LogP contribution in [-0.2, 0) is 0 Å². The topological polar surface area (TPSA) is 32.7 Å². The number of anilines is 1. The molecule has 0 saturated heterocycles. The molecule has 0 radical (unpaired) electrons. The molecule has 2 aromatic carbocycles. The molecular weight excluding hydrogens is 250 g/mol. The first-order valence-corrected chi connectivity index (χ1v) is 6.82. The quantitative estimate of drug-likeness (QED) is 0.844. The predicted molar refractivity (Wildman–Crippen MR) is 81.9 cm³/mol. The van der Waals surface area contributed by atoms with Gasteiger partial charge in [-0.05, 0) is 50.6 Å². The van der Waals surface area contributed by atoms with Crippen LogP contribution >= 0.6 is 0 Å². The van der Waals surface area contributed by atoms with Crippen molar-refractivity contribution in [3.05, 3.63) is 60.2 Å². The minimum atomic E-state index is -0.629. The van der Waals surface area contributed by atoms with Crippen LogP contribution in [0.25, 0.3) is 0 Å². The Morgan fingerprint density at radius 2 is 1.70 bits per heavy atom. The van der Waals surface area contributed by atoms with Gasteiger partial charge in [0.05, 0.1) is 0 Å². The molecule has 3 nitrogen and oxygen atoms in total. The van der Waals surface area contributed by atoms with E-state index in [-0.39, 0.29) is 6.23 Å². The lowest BCUT2D eigenvalue weighted by Crippen LogP contribution is -2.43. The van der Waals surface area contributed by atoms with E-state index in [1.165, 1.54) is 0 Å². The largest absolute Gasteiger partial charge is 0.471 e. The summed E-state index contributed by atoms with van der Waals surface area (Å²) in [6.07, 6.45) is -0.894. The van der Waals surface area contributed by atoms with Crippen molar-refractivity contribution < 1.29 is 9.84 Å². The molecule has 2 aromatic rings. The molecule has 0 amide bonds. The second-order valence-electron chi connectivity index (χ2n) is 4.91. The molecule has 0 fully saturated rings.